The molecule has 1 atom stereocenters. The number of rotatable bonds is 2. The Hall–Kier alpha value is -2.56. The Labute approximate surface area is 153 Å². The molecule has 2 aliphatic rings. The molecule has 2 aromatic rings. The molecule has 1 amide bonds. The minimum Gasteiger partial charge on any atom is -0.483 e. The lowest BCUT2D eigenvalue weighted by molar-refractivity contribution is 0.0698. The van der Waals surface area contributed by atoms with Gasteiger partial charge in [-0.1, -0.05) is 31.2 Å². The molecule has 4 rings (SSSR count). The molecule has 1 fully saturated rings. The number of oxazole rings is 1. The SMILES string of the molecule is CCc1nc(C)c(C(=O)N2CCCC3(C=Cc4ccccc4O3)CC2)o1. The Kier molecular flexibility index (Phi) is 4.31. The maximum atomic E-state index is 12.9. The second kappa shape index (κ2) is 6.63. The zero-order valence-electron chi connectivity index (χ0n) is 15.3. The van der Waals surface area contributed by atoms with Crippen molar-refractivity contribution < 1.29 is 13.9 Å². The number of fused-ring (bicyclic) bond motifs is 1. The quantitative estimate of drug-likeness (QED) is 0.819. The molecule has 0 saturated carbocycles. The van der Waals surface area contributed by atoms with E-state index in [0.29, 0.717) is 36.9 Å². The third-order valence-corrected chi connectivity index (χ3v) is 5.26. The first-order valence-corrected chi connectivity index (χ1v) is 9.33. The molecule has 26 heavy (non-hydrogen) atoms. The Morgan fingerprint density at radius 1 is 1.27 bits per heavy atom. The Morgan fingerprint density at radius 3 is 2.92 bits per heavy atom. The number of hydrogen-bond donors (Lipinski definition) is 0. The van der Waals surface area contributed by atoms with Gasteiger partial charge in [0.05, 0.1) is 5.69 Å². The Balaban J connectivity index is 1.50. The molecule has 1 aromatic carbocycles. The highest BCUT2D eigenvalue weighted by Crippen LogP contribution is 2.37. The van der Waals surface area contributed by atoms with Crippen LogP contribution >= 0.6 is 0 Å². The van der Waals surface area contributed by atoms with Gasteiger partial charge in [-0.2, -0.15) is 0 Å². The number of aryl methyl sites for hydroxylation is 2. The zero-order valence-corrected chi connectivity index (χ0v) is 15.3. The molecule has 1 spiro atoms. The smallest absolute Gasteiger partial charge is 0.291 e. The highest BCUT2D eigenvalue weighted by Gasteiger charge is 2.36. The summed E-state index contributed by atoms with van der Waals surface area (Å²) >= 11 is 0. The van der Waals surface area contributed by atoms with Crippen LogP contribution in [0.25, 0.3) is 6.08 Å². The normalized spacial score (nSPS) is 22.0. The fourth-order valence-electron chi connectivity index (χ4n) is 3.75. The predicted octanol–water partition coefficient (Wildman–Crippen LogP) is 4.02. The molecule has 3 heterocycles. The number of amides is 1. The van der Waals surface area contributed by atoms with Crippen molar-refractivity contribution in [1.82, 2.24) is 9.88 Å². The molecule has 1 unspecified atom stereocenters. The third kappa shape index (κ3) is 3.02. The van der Waals surface area contributed by atoms with E-state index in [-0.39, 0.29) is 11.5 Å². The van der Waals surface area contributed by atoms with E-state index in [2.05, 4.69) is 23.2 Å². The number of benzene rings is 1. The number of carbonyl (C=O) groups is 1. The topological polar surface area (TPSA) is 55.6 Å². The van der Waals surface area contributed by atoms with Crippen LogP contribution in [-0.2, 0) is 6.42 Å². The van der Waals surface area contributed by atoms with Crippen molar-refractivity contribution >= 4 is 12.0 Å². The number of para-hydroxylation sites is 1. The molecular formula is C21H24N2O3. The van der Waals surface area contributed by atoms with Crippen LogP contribution in [0.3, 0.4) is 0 Å². The summed E-state index contributed by atoms with van der Waals surface area (Å²) in [4.78, 5) is 19.1. The van der Waals surface area contributed by atoms with Gasteiger partial charge in [0, 0.05) is 31.5 Å². The fourth-order valence-corrected chi connectivity index (χ4v) is 3.75. The molecule has 1 saturated heterocycles. The number of carbonyl (C=O) groups excluding carboxylic acids is 1. The first-order chi connectivity index (χ1) is 12.6. The maximum Gasteiger partial charge on any atom is 0.291 e. The van der Waals surface area contributed by atoms with Gasteiger partial charge in [0.15, 0.2) is 5.89 Å². The van der Waals surface area contributed by atoms with Gasteiger partial charge in [-0.3, -0.25) is 4.79 Å². The molecule has 2 aliphatic heterocycles. The molecule has 0 radical (unpaired) electrons. The lowest BCUT2D eigenvalue weighted by Gasteiger charge is -2.34. The first-order valence-electron chi connectivity index (χ1n) is 9.33. The number of hydrogen-bond acceptors (Lipinski definition) is 4. The van der Waals surface area contributed by atoms with Crippen LogP contribution < -0.4 is 4.74 Å². The average molecular weight is 352 g/mol. The van der Waals surface area contributed by atoms with Crippen LogP contribution in [0.5, 0.6) is 5.75 Å². The molecule has 1 aromatic heterocycles. The minimum absolute atomic E-state index is 0.0630. The standard InChI is InChI=1S/C21H24N2O3/c1-3-18-22-15(2)19(25-18)20(24)23-13-6-10-21(12-14-23)11-9-16-7-4-5-8-17(16)26-21/h4-5,7-9,11H,3,6,10,12-14H2,1-2H3. The third-order valence-electron chi connectivity index (χ3n) is 5.26. The number of aromatic nitrogens is 1. The van der Waals surface area contributed by atoms with E-state index in [1.807, 2.05) is 36.9 Å². The van der Waals surface area contributed by atoms with Crippen molar-refractivity contribution in [3.05, 3.63) is 53.2 Å². The minimum atomic E-state index is -0.325. The van der Waals surface area contributed by atoms with Crippen molar-refractivity contribution in [3.8, 4) is 5.75 Å². The van der Waals surface area contributed by atoms with Crippen molar-refractivity contribution in [2.75, 3.05) is 13.1 Å². The van der Waals surface area contributed by atoms with Crippen LogP contribution in [0, 0.1) is 6.92 Å². The van der Waals surface area contributed by atoms with Gasteiger partial charge in [-0.15, -0.1) is 0 Å². The monoisotopic (exact) mass is 352 g/mol. The van der Waals surface area contributed by atoms with Crippen LogP contribution in [0.2, 0.25) is 0 Å². The van der Waals surface area contributed by atoms with Crippen LogP contribution in [0.1, 0.15) is 53.9 Å². The zero-order chi connectivity index (χ0) is 18.1. The van der Waals surface area contributed by atoms with Crippen molar-refractivity contribution in [3.63, 3.8) is 0 Å². The van der Waals surface area contributed by atoms with Gasteiger partial charge in [0.25, 0.3) is 5.91 Å². The van der Waals surface area contributed by atoms with Crippen LogP contribution in [-0.4, -0.2) is 34.5 Å². The predicted molar refractivity (Wildman–Crippen MR) is 99.2 cm³/mol. The molecule has 0 N–H and O–H groups in total. The number of nitrogens with zero attached hydrogens (tertiary/aromatic N) is 2. The molecule has 0 aliphatic carbocycles. The molecule has 5 heteroatoms. The van der Waals surface area contributed by atoms with Gasteiger partial charge in [-0.25, -0.2) is 4.98 Å². The van der Waals surface area contributed by atoms with Gasteiger partial charge < -0.3 is 14.1 Å². The summed E-state index contributed by atoms with van der Waals surface area (Å²) in [6.45, 7) is 5.16. The van der Waals surface area contributed by atoms with Gasteiger partial charge in [0.1, 0.15) is 11.4 Å². The largest absolute Gasteiger partial charge is 0.483 e. The maximum absolute atomic E-state index is 12.9. The summed E-state index contributed by atoms with van der Waals surface area (Å²) in [7, 11) is 0. The summed E-state index contributed by atoms with van der Waals surface area (Å²) in [5.74, 6) is 1.86. The van der Waals surface area contributed by atoms with Gasteiger partial charge in [0.2, 0.25) is 5.76 Å². The second-order valence-corrected chi connectivity index (χ2v) is 7.06. The summed E-state index contributed by atoms with van der Waals surface area (Å²) in [5.41, 5.74) is 1.46. The van der Waals surface area contributed by atoms with Crippen molar-refractivity contribution in [2.24, 2.45) is 0 Å². The summed E-state index contributed by atoms with van der Waals surface area (Å²) in [6.07, 6.45) is 7.57. The van der Waals surface area contributed by atoms with E-state index in [1.54, 1.807) is 0 Å². The van der Waals surface area contributed by atoms with E-state index in [4.69, 9.17) is 9.15 Å². The summed E-state index contributed by atoms with van der Waals surface area (Å²) in [6, 6.07) is 8.08. The van der Waals surface area contributed by atoms with E-state index in [0.717, 1.165) is 30.6 Å². The summed E-state index contributed by atoms with van der Waals surface area (Å²) in [5, 5.41) is 0. The lowest BCUT2D eigenvalue weighted by atomic mass is 9.91. The van der Waals surface area contributed by atoms with Crippen molar-refractivity contribution in [1.29, 1.82) is 0 Å². The van der Waals surface area contributed by atoms with Crippen LogP contribution in [0.4, 0.5) is 0 Å². The first kappa shape index (κ1) is 16.9. The highest BCUT2D eigenvalue weighted by atomic mass is 16.5. The van der Waals surface area contributed by atoms with E-state index >= 15 is 0 Å². The fraction of sp³-hybridized carbons (Fsp3) is 0.429. The molecule has 136 valence electrons. The van der Waals surface area contributed by atoms with E-state index < -0.39 is 0 Å². The number of likely N-dealkylation sites (tertiary alicyclic amines) is 1. The van der Waals surface area contributed by atoms with E-state index in [9.17, 15) is 4.79 Å². The van der Waals surface area contributed by atoms with Gasteiger partial charge >= 0.3 is 0 Å². The van der Waals surface area contributed by atoms with Crippen molar-refractivity contribution in [2.45, 2.75) is 45.1 Å². The average Bonchev–Trinajstić information content (AvgIpc) is 2.92. The van der Waals surface area contributed by atoms with E-state index in [1.165, 1.54) is 0 Å². The molecule has 5 nitrogen and oxygen atoms in total. The van der Waals surface area contributed by atoms with Crippen LogP contribution in [0.15, 0.2) is 34.8 Å². The number of ether oxygens (including phenoxy) is 1. The van der Waals surface area contributed by atoms with Gasteiger partial charge in [-0.05, 0) is 31.9 Å². The summed E-state index contributed by atoms with van der Waals surface area (Å²) < 4.78 is 12.0. The molecular weight excluding hydrogens is 328 g/mol. The lowest BCUT2D eigenvalue weighted by Crippen LogP contribution is -2.38. The molecule has 0 bridgehead atoms. The second-order valence-electron chi connectivity index (χ2n) is 7.06. The Morgan fingerprint density at radius 2 is 2.12 bits per heavy atom. The highest BCUT2D eigenvalue weighted by molar-refractivity contribution is 5.92. The Bertz CT molecular complexity index is 855.